The zero-order chi connectivity index (χ0) is 14.1. The Labute approximate surface area is 117 Å². The van der Waals surface area contributed by atoms with Crippen molar-refractivity contribution < 1.29 is 5.11 Å². The molecule has 1 aliphatic carbocycles. The molecule has 1 aromatic carbocycles. The molecule has 1 aliphatic rings. The molecule has 0 saturated heterocycles. The van der Waals surface area contributed by atoms with Crippen LogP contribution in [0.15, 0.2) is 23.0 Å². The molecule has 0 unspecified atom stereocenters. The van der Waals surface area contributed by atoms with E-state index in [1.165, 1.54) is 0 Å². The Balaban J connectivity index is 1.95. The SMILES string of the molecule is Cc1cccc2c(=O)[nH]c(CN(CCO)C3CC3)nc12. The van der Waals surface area contributed by atoms with Crippen LogP contribution < -0.4 is 5.56 Å². The quantitative estimate of drug-likeness (QED) is 0.858. The number of hydrogen-bond donors (Lipinski definition) is 2. The van der Waals surface area contributed by atoms with Gasteiger partial charge >= 0.3 is 0 Å². The van der Waals surface area contributed by atoms with Crippen LogP contribution in [0.3, 0.4) is 0 Å². The zero-order valence-corrected chi connectivity index (χ0v) is 11.6. The van der Waals surface area contributed by atoms with Gasteiger partial charge in [0.25, 0.3) is 5.56 Å². The lowest BCUT2D eigenvalue weighted by Gasteiger charge is -2.20. The highest BCUT2D eigenvalue weighted by Gasteiger charge is 2.29. The van der Waals surface area contributed by atoms with Crippen molar-refractivity contribution in [3.05, 3.63) is 39.9 Å². The Kier molecular flexibility index (Phi) is 3.54. The van der Waals surface area contributed by atoms with Crippen LogP contribution in [0.2, 0.25) is 0 Å². The molecule has 0 bridgehead atoms. The van der Waals surface area contributed by atoms with Crippen molar-refractivity contribution in [2.45, 2.75) is 32.4 Å². The van der Waals surface area contributed by atoms with E-state index in [1.54, 1.807) is 6.07 Å². The molecule has 0 atom stereocenters. The Hall–Kier alpha value is -1.72. The van der Waals surface area contributed by atoms with Crippen molar-refractivity contribution in [2.75, 3.05) is 13.2 Å². The number of aromatic amines is 1. The molecule has 0 aliphatic heterocycles. The van der Waals surface area contributed by atoms with E-state index in [-0.39, 0.29) is 12.2 Å². The molecule has 0 amide bonds. The first-order chi connectivity index (χ1) is 9.69. The van der Waals surface area contributed by atoms with Crippen molar-refractivity contribution in [3.8, 4) is 0 Å². The van der Waals surface area contributed by atoms with E-state index in [9.17, 15) is 4.79 Å². The summed E-state index contributed by atoms with van der Waals surface area (Å²) in [5, 5.41) is 9.76. The van der Waals surface area contributed by atoms with Crippen molar-refractivity contribution in [1.82, 2.24) is 14.9 Å². The van der Waals surface area contributed by atoms with E-state index in [0.717, 1.165) is 23.9 Å². The maximum Gasteiger partial charge on any atom is 0.258 e. The normalized spacial score (nSPS) is 15.2. The minimum atomic E-state index is -0.0894. The molecule has 20 heavy (non-hydrogen) atoms. The molecule has 1 saturated carbocycles. The summed E-state index contributed by atoms with van der Waals surface area (Å²) in [7, 11) is 0. The van der Waals surface area contributed by atoms with Crippen LogP contribution in [0.4, 0.5) is 0 Å². The molecule has 2 aromatic rings. The van der Waals surface area contributed by atoms with Crippen molar-refractivity contribution in [1.29, 1.82) is 0 Å². The smallest absolute Gasteiger partial charge is 0.258 e. The monoisotopic (exact) mass is 273 g/mol. The van der Waals surface area contributed by atoms with E-state index >= 15 is 0 Å². The average Bonchev–Trinajstić information content (AvgIpc) is 3.24. The first kappa shape index (κ1) is 13.3. The van der Waals surface area contributed by atoms with Gasteiger partial charge in [-0.15, -0.1) is 0 Å². The first-order valence-electron chi connectivity index (χ1n) is 7.02. The number of para-hydroxylation sites is 1. The Bertz CT molecular complexity index is 676. The topological polar surface area (TPSA) is 69.2 Å². The molecule has 5 nitrogen and oxygen atoms in total. The number of aromatic nitrogens is 2. The third-order valence-corrected chi connectivity index (χ3v) is 3.79. The van der Waals surface area contributed by atoms with Gasteiger partial charge in [0.1, 0.15) is 5.82 Å². The predicted octanol–water partition coefficient (Wildman–Crippen LogP) is 1.19. The summed E-state index contributed by atoms with van der Waals surface area (Å²) in [6.45, 7) is 3.31. The molecule has 106 valence electrons. The molecule has 1 heterocycles. The van der Waals surface area contributed by atoms with Gasteiger partial charge in [-0.05, 0) is 31.4 Å². The standard InChI is InChI=1S/C15H19N3O2/c1-10-3-2-4-12-14(10)16-13(17-15(12)20)9-18(7-8-19)11-5-6-11/h2-4,11,19H,5-9H2,1H3,(H,16,17,20). The van der Waals surface area contributed by atoms with E-state index in [4.69, 9.17) is 5.11 Å². The van der Waals surface area contributed by atoms with Gasteiger partial charge in [0.15, 0.2) is 0 Å². The maximum atomic E-state index is 12.1. The van der Waals surface area contributed by atoms with Crippen LogP contribution in [0, 0.1) is 6.92 Å². The van der Waals surface area contributed by atoms with E-state index < -0.39 is 0 Å². The van der Waals surface area contributed by atoms with Gasteiger partial charge in [-0.25, -0.2) is 4.98 Å². The number of fused-ring (bicyclic) bond motifs is 1. The number of benzene rings is 1. The number of aliphatic hydroxyl groups is 1. The highest BCUT2D eigenvalue weighted by atomic mass is 16.3. The lowest BCUT2D eigenvalue weighted by molar-refractivity contribution is 0.180. The van der Waals surface area contributed by atoms with Gasteiger partial charge in [-0.1, -0.05) is 12.1 Å². The first-order valence-corrected chi connectivity index (χ1v) is 7.02. The second-order valence-corrected chi connectivity index (χ2v) is 5.41. The summed E-state index contributed by atoms with van der Waals surface area (Å²) in [5.41, 5.74) is 1.69. The number of hydrogen-bond acceptors (Lipinski definition) is 4. The van der Waals surface area contributed by atoms with Crippen LogP contribution >= 0.6 is 0 Å². The van der Waals surface area contributed by atoms with Crippen LogP contribution in [0.25, 0.3) is 10.9 Å². The number of rotatable bonds is 5. The molecule has 5 heteroatoms. The van der Waals surface area contributed by atoms with Gasteiger partial charge in [-0.3, -0.25) is 9.69 Å². The zero-order valence-electron chi connectivity index (χ0n) is 11.6. The van der Waals surface area contributed by atoms with E-state index in [1.807, 2.05) is 19.1 Å². The van der Waals surface area contributed by atoms with Gasteiger partial charge in [-0.2, -0.15) is 0 Å². The number of aryl methyl sites for hydroxylation is 1. The summed E-state index contributed by atoms with van der Waals surface area (Å²) in [6, 6.07) is 6.16. The summed E-state index contributed by atoms with van der Waals surface area (Å²) in [5.74, 6) is 0.678. The fourth-order valence-corrected chi connectivity index (χ4v) is 2.58. The fraction of sp³-hybridized carbons (Fsp3) is 0.467. The third kappa shape index (κ3) is 2.59. The number of H-pyrrole nitrogens is 1. The summed E-state index contributed by atoms with van der Waals surface area (Å²) in [6.07, 6.45) is 2.33. The molecule has 1 aromatic heterocycles. The molecule has 1 fully saturated rings. The number of aliphatic hydroxyl groups excluding tert-OH is 1. The second kappa shape index (κ2) is 5.34. The van der Waals surface area contributed by atoms with Crippen molar-refractivity contribution in [2.24, 2.45) is 0 Å². The molecule has 3 rings (SSSR count). The minimum Gasteiger partial charge on any atom is -0.395 e. The fourth-order valence-electron chi connectivity index (χ4n) is 2.58. The van der Waals surface area contributed by atoms with Gasteiger partial charge in [0.05, 0.1) is 24.1 Å². The second-order valence-electron chi connectivity index (χ2n) is 5.41. The van der Waals surface area contributed by atoms with Crippen molar-refractivity contribution in [3.63, 3.8) is 0 Å². The highest BCUT2D eigenvalue weighted by molar-refractivity contribution is 5.80. The lowest BCUT2D eigenvalue weighted by atomic mass is 10.1. The van der Waals surface area contributed by atoms with Crippen molar-refractivity contribution >= 4 is 10.9 Å². The number of nitrogens with zero attached hydrogens (tertiary/aromatic N) is 2. The third-order valence-electron chi connectivity index (χ3n) is 3.79. The van der Waals surface area contributed by atoms with Gasteiger partial charge in [0, 0.05) is 12.6 Å². The van der Waals surface area contributed by atoms with E-state index in [0.29, 0.717) is 30.3 Å². The Morgan fingerprint density at radius 1 is 1.45 bits per heavy atom. The lowest BCUT2D eigenvalue weighted by Crippen LogP contribution is -2.30. The average molecular weight is 273 g/mol. The van der Waals surface area contributed by atoms with Crippen LogP contribution in [-0.2, 0) is 6.54 Å². The predicted molar refractivity (Wildman–Crippen MR) is 77.6 cm³/mol. The summed E-state index contributed by atoms with van der Waals surface area (Å²) in [4.78, 5) is 21.7. The van der Waals surface area contributed by atoms with E-state index in [2.05, 4.69) is 14.9 Å². The molecule has 0 radical (unpaired) electrons. The molecular formula is C15H19N3O2. The van der Waals surface area contributed by atoms with Gasteiger partial charge < -0.3 is 10.1 Å². The Morgan fingerprint density at radius 2 is 2.25 bits per heavy atom. The highest BCUT2D eigenvalue weighted by Crippen LogP contribution is 2.27. The van der Waals surface area contributed by atoms with Gasteiger partial charge in [0.2, 0.25) is 0 Å². The van der Waals surface area contributed by atoms with Crippen LogP contribution in [0.1, 0.15) is 24.2 Å². The maximum absolute atomic E-state index is 12.1. The minimum absolute atomic E-state index is 0.0894. The Morgan fingerprint density at radius 3 is 2.95 bits per heavy atom. The largest absolute Gasteiger partial charge is 0.395 e. The molecule has 2 N–H and O–H groups in total. The number of nitrogens with one attached hydrogen (secondary N) is 1. The van der Waals surface area contributed by atoms with Crippen LogP contribution in [0.5, 0.6) is 0 Å². The molecular weight excluding hydrogens is 254 g/mol. The molecule has 0 spiro atoms. The van der Waals surface area contributed by atoms with Crippen LogP contribution in [-0.4, -0.2) is 39.2 Å². The summed E-state index contributed by atoms with van der Waals surface area (Å²) < 4.78 is 0. The summed E-state index contributed by atoms with van der Waals surface area (Å²) >= 11 is 0.